The van der Waals surface area contributed by atoms with E-state index in [0.717, 1.165) is 51.1 Å². The molecular formula is C17H35NO2. The fourth-order valence-electron chi connectivity index (χ4n) is 2.33. The lowest BCUT2D eigenvalue weighted by molar-refractivity contribution is -0.132. The molecule has 0 bridgehead atoms. The van der Waals surface area contributed by atoms with Crippen LogP contribution in [0.5, 0.6) is 0 Å². The first kappa shape index (κ1) is 19.4. The molecule has 1 amide bonds. The molecule has 1 heterocycles. The highest BCUT2D eigenvalue weighted by Crippen LogP contribution is 2.17. The molecule has 0 spiro atoms. The predicted molar refractivity (Wildman–Crippen MR) is 85.7 cm³/mol. The number of likely N-dealkylation sites (tertiary alicyclic amines) is 1. The average molecular weight is 285 g/mol. The van der Waals surface area contributed by atoms with E-state index in [1.807, 2.05) is 4.90 Å². The first-order chi connectivity index (χ1) is 9.65. The number of hydrogen-bond acceptors (Lipinski definition) is 2. The summed E-state index contributed by atoms with van der Waals surface area (Å²) in [5.41, 5.74) is 0. The molecule has 0 aromatic carbocycles. The van der Waals surface area contributed by atoms with Gasteiger partial charge in [-0.3, -0.25) is 4.79 Å². The molecule has 1 aliphatic rings. The van der Waals surface area contributed by atoms with Gasteiger partial charge in [0, 0.05) is 26.1 Å². The summed E-state index contributed by atoms with van der Waals surface area (Å²) in [5.74, 6) is 1.09. The fourth-order valence-corrected chi connectivity index (χ4v) is 2.33. The maximum absolute atomic E-state index is 11.7. The van der Waals surface area contributed by atoms with Crippen molar-refractivity contribution in [2.24, 2.45) is 5.92 Å². The Balaban J connectivity index is 0.000000621. The second-order valence-electron chi connectivity index (χ2n) is 5.95. The maximum atomic E-state index is 11.7. The SMILES string of the molecule is CC1CCN(C(=O)CCCCCO)CC1.CCCCC. The van der Waals surface area contributed by atoms with Gasteiger partial charge in [0.1, 0.15) is 0 Å². The van der Waals surface area contributed by atoms with Crippen LogP contribution in [0.3, 0.4) is 0 Å². The van der Waals surface area contributed by atoms with Gasteiger partial charge in [-0.1, -0.05) is 46.5 Å². The molecule has 0 atom stereocenters. The topological polar surface area (TPSA) is 40.5 Å². The van der Waals surface area contributed by atoms with Crippen LogP contribution in [0.25, 0.3) is 0 Å². The lowest BCUT2D eigenvalue weighted by atomic mass is 9.99. The van der Waals surface area contributed by atoms with E-state index >= 15 is 0 Å². The Morgan fingerprint density at radius 3 is 2.10 bits per heavy atom. The van der Waals surface area contributed by atoms with E-state index < -0.39 is 0 Å². The molecule has 120 valence electrons. The van der Waals surface area contributed by atoms with Gasteiger partial charge in [-0.05, 0) is 31.6 Å². The first-order valence-corrected chi connectivity index (χ1v) is 8.54. The molecule has 0 aromatic heterocycles. The summed E-state index contributed by atoms with van der Waals surface area (Å²) in [6.07, 6.45) is 9.76. The molecule has 3 nitrogen and oxygen atoms in total. The second kappa shape index (κ2) is 13.4. The summed E-state index contributed by atoms with van der Waals surface area (Å²) in [6, 6.07) is 0. The number of aliphatic hydroxyl groups is 1. The van der Waals surface area contributed by atoms with Crippen molar-refractivity contribution >= 4 is 5.91 Å². The van der Waals surface area contributed by atoms with E-state index in [0.29, 0.717) is 12.3 Å². The van der Waals surface area contributed by atoms with Crippen LogP contribution >= 0.6 is 0 Å². The standard InChI is InChI=1S/C12H23NO2.C5H12/c1-11-6-8-13(9-7-11)12(15)5-3-2-4-10-14;1-3-5-4-2/h11,14H,2-10H2,1H3;3-5H2,1-2H3. The Hall–Kier alpha value is -0.570. The summed E-state index contributed by atoms with van der Waals surface area (Å²) in [5, 5.41) is 8.61. The van der Waals surface area contributed by atoms with E-state index in [1.54, 1.807) is 0 Å². The number of piperidine rings is 1. The van der Waals surface area contributed by atoms with Crippen molar-refractivity contribution in [2.75, 3.05) is 19.7 Å². The van der Waals surface area contributed by atoms with Crippen molar-refractivity contribution in [3.63, 3.8) is 0 Å². The molecule has 0 aromatic rings. The zero-order chi connectivity index (χ0) is 15.2. The molecule has 0 unspecified atom stereocenters. The number of carbonyl (C=O) groups is 1. The highest BCUT2D eigenvalue weighted by molar-refractivity contribution is 5.76. The van der Waals surface area contributed by atoms with Crippen LogP contribution in [0.15, 0.2) is 0 Å². The summed E-state index contributed by atoms with van der Waals surface area (Å²) in [7, 11) is 0. The van der Waals surface area contributed by atoms with Gasteiger partial charge >= 0.3 is 0 Å². The monoisotopic (exact) mass is 285 g/mol. The Morgan fingerprint density at radius 1 is 1.05 bits per heavy atom. The van der Waals surface area contributed by atoms with Crippen molar-refractivity contribution in [1.82, 2.24) is 4.90 Å². The second-order valence-corrected chi connectivity index (χ2v) is 5.95. The van der Waals surface area contributed by atoms with Gasteiger partial charge in [-0.2, -0.15) is 0 Å². The molecule has 20 heavy (non-hydrogen) atoms. The number of aliphatic hydroxyl groups excluding tert-OH is 1. The van der Waals surface area contributed by atoms with Gasteiger partial charge in [0.2, 0.25) is 5.91 Å². The van der Waals surface area contributed by atoms with Crippen LogP contribution in [-0.2, 0) is 4.79 Å². The molecule has 3 heteroatoms. The minimum atomic E-state index is 0.245. The smallest absolute Gasteiger partial charge is 0.222 e. The zero-order valence-electron chi connectivity index (χ0n) is 13.9. The van der Waals surface area contributed by atoms with Crippen LogP contribution in [-0.4, -0.2) is 35.6 Å². The largest absolute Gasteiger partial charge is 0.396 e. The van der Waals surface area contributed by atoms with Gasteiger partial charge in [0.15, 0.2) is 0 Å². The Bertz CT molecular complexity index is 221. The van der Waals surface area contributed by atoms with Crippen molar-refractivity contribution in [3.8, 4) is 0 Å². The Kier molecular flexibility index (Phi) is 13.0. The van der Waals surface area contributed by atoms with Gasteiger partial charge in [0.05, 0.1) is 0 Å². The normalized spacial score (nSPS) is 15.7. The maximum Gasteiger partial charge on any atom is 0.222 e. The number of nitrogens with zero attached hydrogens (tertiary/aromatic N) is 1. The van der Waals surface area contributed by atoms with Gasteiger partial charge in [-0.25, -0.2) is 0 Å². The van der Waals surface area contributed by atoms with E-state index in [-0.39, 0.29) is 6.61 Å². The molecule has 1 saturated heterocycles. The van der Waals surface area contributed by atoms with Crippen LogP contribution in [0, 0.1) is 5.92 Å². The highest BCUT2D eigenvalue weighted by atomic mass is 16.2. The van der Waals surface area contributed by atoms with E-state index in [9.17, 15) is 4.79 Å². The number of amides is 1. The molecule has 1 aliphatic heterocycles. The number of carbonyl (C=O) groups excluding carboxylic acids is 1. The Labute approximate surface area is 125 Å². The summed E-state index contributed by atoms with van der Waals surface area (Å²) < 4.78 is 0. The van der Waals surface area contributed by atoms with Crippen LogP contribution < -0.4 is 0 Å². The van der Waals surface area contributed by atoms with Gasteiger partial charge in [-0.15, -0.1) is 0 Å². The van der Waals surface area contributed by atoms with Crippen LogP contribution in [0.2, 0.25) is 0 Å². The quantitative estimate of drug-likeness (QED) is 0.718. The third kappa shape index (κ3) is 10.2. The summed E-state index contributed by atoms with van der Waals surface area (Å²) >= 11 is 0. The van der Waals surface area contributed by atoms with E-state index in [1.165, 1.54) is 19.3 Å². The molecular weight excluding hydrogens is 250 g/mol. The fraction of sp³-hybridized carbons (Fsp3) is 0.941. The lowest BCUT2D eigenvalue weighted by Crippen LogP contribution is -2.37. The average Bonchev–Trinajstić information content (AvgIpc) is 2.46. The molecule has 0 saturated carbocycles. The van der Waals surface area contributed by atoms with Crippen molar-refractivity contribution < 1.29 is 9.90 Å². The molecule has 1 fully saturated rings. The molecule has 1 N–H and O–H groups in total. The molecule has 0 aliphatic carbocycles. The van der Waals surface area contributed by atoms with Crippen LogP contribution in [0.1, 0.15) is 78.6 Å². The predicted octanol–water partition coefficient (Wildman–Crippen LogP) is 3.99. The number of unbranched alkanes of at least 4 members (excludes halogenated alkanes) is 4. The van der Waals surface area contributed by atoms with Crippen molar-refractivity contribution in [1.29, 1.82) is 0 Å². The minimum Gasteiger partial charge on any atom is -0.396 e. The summed E-state index contributed by atoms with van der Waals surface area (Å²) in [4.78, 5) is 13.7. The molecule has 0 radical (unpaired) electrons. The van der Waals surface area contributed by atoms with Gasteiger partial charge in [0.25, 0.3) is 0 Å². The third-order valence-corrected chi connectivity index (χ3v) is 3.89. The lowest BCUT2D eigenvalue weighted by Gasteiger charge is -2.30. The number of rotatable bonds is 7. The summed E-state index contributed by atoms with van der Waals surface area (Å²) in [6.45, 7) is 8.81. The third-order valence-electron chi connectivity index (χ3n) is 3.89. The number of hydrogen-bond donors (Lipinski definition) is 1. The van der Waals surface area contributed by atoms with Crippen molar-refractivity contribution in [2.45, 2.75) is 78.6 Å². The van der Waals surface area contributed by atoms with E-state index in [4.69, 9.17) is 5.11 Å². The minimum absolute atomic E-state index is 0.245. The van der Waals surface area contributed by atoms with Crippen LogP contribution in [0.4, 0.5) is 0 Å². The highest BCUT2D eigenvalue weighted by Gasteiger charge is 2.19. The Morgan fingerprint density at radius 2 is 1.65 bits per heavy atom. The molecule has 1 rings (SSSR count). The van der Waals surface area contributed by atoms with Crippen molar-refractivity contribution in [3.05, 3.63) is 0 Å². The zero-order valence-corrected chi connectivity index (χ0v) is 13.9. The first-order valence-electron chi connectivity index (χ1n) is 8.54. The van der Waals surface area contributed by atoms with Gasteiger partial charge < -0.3 is 10.0 Å². The van der Waals surface area contributed by atoms with E-state index in [2.05, 4.69) is 20.8 Å².